The van der Waals surface area contributed by atoms with Crippen LogP contribution >= 0.6 is 0 Å². The van der Waals surface area contributed by atoms with Gasteiger partial charge >= 0.3 is 0 Å². The van der Waals surface area contributed by atoms with Gasteiger partial charge in [-0.3, -0.25) is 4.90 Å². The quantitative estimate of drug-likeness (QED) is 0.874. The summed E-state index contributed by atoms with van der Waals surface area (Å²) >= 11 is 0. The number of aromatic nitrogens is 1. The Morgan fingerprint density at radius 2 is 2.29 bits per heavy atom. The third-order valence-corrected chi connectivity index (χ3v) is 4.41. The highest BCUT2D eigenvalue weighted by molar-refractivity contribution is 5.25. The SMILES string of the molecule is CCCC1CNC(C(C)C)CN1Cc1cccnc1OC. The summed E-state index contributed by atoms with van der Waals surface area (Å²) in [5, 5.41) is 3.71. The molecule has 1 saturated heterocycles. The fourth-order valence-corrected chi connectivity index (χ4v) is 3.09. The summed E-state index contributed by atoms with van der Waals surface area (Å²) in [5.41, 5.74) is 1.19. The molecule has 2 heterocycles. The molecule has 1 N–H and O–H groups in total. The van der Waals surface area contributed by atoms with Crippen LogP contribution in [-0.4, -0.2) is 42.2 Å². The van der Waals surface area contributed by atoms with Crippen molar-refractivity contribution in [3.8, 4) is 5.88 Å². The van der Waals surface area contributed by atoms with E-state index < -0.39 is 0 Å². The first-order valence-electron chi connectivity index (χ1n) is 8.11. The third kappa shape index (κ3) is 4.17. The van der Waals surface area contributed by atoms with E-state index in [-0.39, 0.29) is 0 Å². The Balaban J connectivity index is 2.11. The normalized spacial score (nSPS) is 23.5. The summed E-state index contributed by atoms with van der Waals surface area (Å²) in [7, 11) is 1.70. The van der Waals surface area contributed by atoms with Gasteiger partial charge in [0.25, 0.3) is 0 Å². The largest absolute Gasteiger partial charge is 0.481 e. The monoisotopic (exact) mass is 291 g/mol. The Bertz CT molecular complexity index is 436. The molecule has 0 bridgehead atoms. The molecule has 1 fully saturated rings. The van der Waals surface area contributed by atoms with Gasteiger partial charge in [-0.1, -0.05) is 33.3 Å². The summed E-state index contributed by atoms with van der Waals surface area (Å²) in [6, 6.07) is 5.30. The van der Waals surface area contributed by atoms with E-state index in [4.69, 9.17) is 4.74 Å². The molecule has 118 valence electrons. The van der Waals surface area contributed by atoms with Crippen LogP contribution in [0, 0.1) is 5.92 Å². The minimum atomic E-state index is 0.570. The summed E-state index contributed by atoms with van der Waals surface area (Å²) in [6.45, 7) is 9.95. The van der Waals surface area contributed by atoms with E-state index >= 15 is 0 Å². The molecule has 1 aromatic rings. The molecule has 0 amide bonds. The van der Waals surface area contributed by atoms with Gasteiger partial charge in [0.15, 0.2) is 0 Å². The van der Waals surface area contributed by atoms with Crippen LogP contribution in [0.1, 0.15) is 39.2 Å². The molecule has 2 unspecified atom stereocenters. The first-order valence-corrected chi connectivity index (χ1v) is 8.11. The summed E-state index contributed by atoms with van der Waals surface area (Å²) in [4.78, 5) is 6.92. The first kappa shape index (κ1) is 16.2. The molecule has 2 rings (SSSR count). The highest BCUT2D eigenvalue weighted by atomic mass is 16.5. The fraction of sp³-hybridized carbons (Fsp3) is 0.706. The maximum atomic E-state index is 5.40. The first-order chi connectivity index (χ1) is 10.2. The van der Waals surface area contributed by atoms with E-state index in [1.54, 1.807) is 13.3 Å². The van der Waals surface area contributed by atoms with E-state index in [9.17, 15) is 0 Å². The maximum absolute atomic E-state index is 5.40. The number of piperazine rings is 1. The van der Waals surface area contributed by atoms with Crippen LogP contribution in [-0.2, 0) is 6.54 Å². The molecule has 2 atom stereocenters. The van der Waals surface area contributed by atoms with Crippen molar-refractivity contribution in [2.45, 2.75) is 52.2 Å². The Kier molecular flexibility index (Phi) is 6.00. The van der Waals surface area contributed by atoms with Crippen LogP contribution in [0.25, 0.3) is 0 Å². The van der Waals surface area contributed by atoms with E-state index in [0.717, 1.165) is 25.5 Å². The Morgan fingerprint density at radius 3 is 2.95 bits per heavy atom. The van der Waals surface area contributed by atoms with Crippen LogP contribution in [0.15, 0.2) is 18.3 Å². The topological polar surface area (TPSA) is 37.4 Å². The number of nitrogens with one attached hydrogen (secondary N) is 1. The van der Waals surface area contributed by atoms with Gasteiger partial charge in [-0.25, -0.2) is 4.98 Å². The average molecular weight is 291 g/mol. The lowest BCUT2D eigenvalue weighted by Crippen LogP contribution is -2.57. The van der Waals surface area contributed by atoms with Gasteiger partial charge in [0, 0.05) is 43.5 Å². The van der Waals surface area contributed by atoms with E-state index in [1.807, 2.05) is 6.07 Å². The lowest BCUT2D eigenvalue weighted by Gasteiger charge is -2.42. The molecular weight excluding hydrogens is 262 g/mol. The number of ether oxygens (including phenoxy) is 1. The van der Waals surface area contributed by atoms with Crippen molar-refractivity contribution in [1.82, 2.24) is 15.2 Å². The highest BCUT2D eigenvalue weighted by Crippen LogP contribution is 2.22. The summed E-state index contributed by atoms with van der Waals surface area (Å²) in [6.07, 6.45) is 4.25. The molecule has 1 aromatic heterocycles. The van der Waals surface area contributed by atoms with Gasteiger partial charge in [-0.15, -0.1) is 0 Å². The van der Waals surface area contributed by atoms with E-state index in [0.29, 0.717) is 18.0 Å². The van der Waals surface area contributed by atoms with Crippen molar-refractivity contribution in [3.05, 3.63) is 23.9 Å². The average Bonchev–Trinajstić information content (AvgIpc) is 2.49. The van der Waals surface area contributed by atoms with Gasteiger partial charge in [0.1, 0.15) is 0 Å². The van der Waals surface area contributed by atoms with Crippen molar-refractivity contribution < 1.29 is 4.74 Å². The molecule has 0 aromatic carbocycles. The second kappa shape index (κ2) is 7.76. The maximum Gasteiger partial charge on any atom is 0.217 e. The van der Waals surface area contributed by atoms with E-state index in [2.05, 4.69) is 42.0 Å². The van der Waals surface area contributed by atoms with Crippen LogP contribution < -0.4 is 10.1 Å². The molecule has 4 nitrogen and oxygen atoms in total. The fourth-order valence-electron chi connectivity index (χ4n) is 3.09. The van der Waals surface area contributed by atoms with Crippen LogP contribution in [0.4, 0.5) is 0 Å². The minimum absolute atomic E-state index is 0.570. The van der Waals surface area contributed by atoms with Crippen LogP contribution in [0.3, 0.4) is 0 Å². The molecule has 0 spiro atoms. The molecule has 21 heavy (non-hydrogen) atoms. The van der Waals surface area contributed by atoms with Gasteiger partial charge < -0.3 is 10.1 Å². The smallest absolute Gasteiger partial charge is 0.217 e. The number of hydrogen-bond donors (Lipinski definition) is 1. The zero-order chi connectivity index (χ0) is 15.2. The van der Waals surface area contributed by atoms with Crippen LogP contribution in [0.5, 0.6) is 5.88 Å². The molecule has 4 heteroatoms. The van der Waals surface area contributed by atoms with E-state index in [1.165, 1.54) is 18.4 Å². The van der Waals surface area contributed by atoms with Crippen LogP contribution in [0.2, 0.25) is 0 Å². The molecule has 0 aliphatic carbocycles. The number of hydrogen-bond acceptors (Lipinski definition) is 4. The molecule has 0 radical (unpaired) electrons. The third-order valence-electron chi connectivity index (χ3n) is 4.41. The van der Waals surface area contributed by atoms with Crippen molar-refractivity contribution in [3.63, 3.8) is 0 Å². The number of nitrogens with zero attached hydrogens (tertiary/aromatic N) is 2. The van der Waals surface area contributed by atoms with Crippen molar-refractivity contribution in [2.24, 2.45) is 5.92 Å². The summed E-state index contributed by atoms with van der Waals surface area (Å²) in [5.74, 6) is 1.42. The molecular formula is C17H29N3O. The predicted octanol–water partition coefficient (Wildman–Crippen LogP) is 2.69. The molecule has 1 aliphatic rings. The van der Waals surface area contributed by atoms with Crippen molar-refractivity contribution >= 4 is 0 Å². The van der Waals surface area contributed by atoms with Crippen molar-refractivity contribution in [1.29, 1.82) is 0 Å². The lowest BCUT2D eigenvalue weighted by atomic mass is 9.97. The zero-order valence-electron chi connectivity index (χ0n) is 13.8. The second-order valence-corrected chi connectivity index (χ2v) is 6.30. The lowest BCUT2D eigenvalue weighted by molar-refractivity contribution is 0.0986. The summed E-state index contributed by atoms with van der Waals surface area (Å²) < 4.78 is 5.40. The zero-order valence-corrected chi connectivity index (χ0v) is 13.8. The number of rotatable bonds is 6. The number of methoxy groups -OCH3 is 1. The van der Waals surface area contributed by atoms with Gasteiger partial charge in [0.2, 0.25) is 5.88 Å². The standard InChI is InChI=1S/C17H29N3O/c1-5-7-15-10-19-16(13(2)3)12-20(15)11-14-8-6-9-18-17(14)21-4/h6,8-9,13,15-16,19H,5,7,10-12H2,1-4H3. The Hall–Kier alpha value is -1.13. The Morgan fingerprint density at radius 1 is 1.48 bits per heavy atom. The van der Waals surface area contributed by atoms with Gasteiger partial charge in [-0.05, 0) is 18.4 Å². The van der Waals surface area contributed by atoms with Gasteiger partial charge in [0.05, 0.1) is 7.11 Å². The number of pyridine rings is 1. The predicted molar refractivity (Wildman–Crippen MR) is 86.5 cm³/mol. The second-order valence-electron chi connectivity index (χ2n) is 6.30. The van der Waals surface area contributed by atoms with Crippen molar-refractivity contribution in [2.75, 3.05) is 20.2 Å². The molecule has 1 aliphatic heterocycles. The Labute approximate surface area is 128 Å². The van der Waals surface area contributed by atoms with Gasteiger partial charge in [-0.2, -0.15) is 0 Å². The minimum Gasteiger partial charge on any atom is -0.481 e. The highest BCUT2D eigenvalue weighted by Gasteiger charge is 2.29. The molecule has 0 saturated carbocycles.